The third-order valence-corrected chi connectivity index (χ3v) is 4.79. The van der Waals surface area contributed by atoms with Crippen LogP contribution in [0.2, 0.25) is 0 Å². The molecular weight excluding hydrogens is 455 g/mol. The van der Waals surface area contributed by atoms with E-state index in [-0.39, 0.29) is 54.8 Å². The van der Waals surface area contributed by atoms with Crippen LogP contribution in [0.5, 0.6) is 0 Å². The van der Waals surface area contributed by atoms with Gasteiger partial charge in [-0.1, -0.05) is 18.2 Å². The molecule has 2 aromatic rings. The van der Waals surface area contributed by atoms with E-state index >= 15 is 0 Å². The second-order valence-corrected chi connectivity index (χ2v) is 6.81. The van der Waals surface area contributed by atoms with Gasteiger partial charge < -0.3 is 4.90 Å². The molecule has 3 rings (SSSR count). The van der Waals surface area contributed by atoms with E-state index in [1.165, 1.54) is 29.2 Å². The number of carbonyl (C=O) groups is 2. The molecule has 0 aromatic heterocycles. The molecule has 0 bridgehead atoms. The molecule has 1 saturated heterocycles. The van der Waals surface area contributed by atoms with Crippen molar-refractivity contribution in [1.82, 2.24) is 9.80 Å². The van der Waals surface area contributed by atoms with Crippen molar-refractivity contribution in [3.8, 4) is 0 Å². The van der Waals surface area contributed by atoms with E-state index in [9.17, 15) is 28.5 Å². The van der Waals surface area contributed by atoms with Crippen LogP contribution in [-0.4, -0.2) is 59.1 Å². The summed E-state index contributed by atoms with van der Waals surface area (Å²) < 4.78 is 27.1. The van der Waals surface area contributed by atoms with Crippen LogP contribution in [0, 0.1) is 21.7 Å². The molecular formula is C20H21Cl2F2N3O4. The summed E-state index contributed by atoms with van der Waals surface area (Å²) in [5.41, 5.74) is 0.361. The topological polar surface area (TPSA) is 83.8 Å². The first-order chi connectivity index (χ1) is 13.8. The normalized spacial score (nSPS) is 13.7. The largest absolute Gasteiger partial charge is 0.336 e. The third kappa shape index (κ3) is 6.68. The standard InChI is InChI=1S/C20H19F2N3O4.2ClH/c21-18-3-1-2-17(19(18)22)20(27)24-10-8-23(9-11-24)13-16(26)12-14-4-6-15(7-5-14)25(28)29;;/h1-7H,8-13H2;2*1H. The van der Waals surface area contributed by atoms with Gasteiger partial charge in [-0.15, -0.1) is 24.8 Å². The number of Topliss-reactive ketones (excluding diaryl/α,β-unsaturated/α-hetero) is 1. The minimum Gasteiger partial charge on any atom is -0.336 e. The van der Waals surface area contributed by atoms with Crippen LogP contribution in [0.25, 0.3) is 0 Å². The van der Waals surface area contributed by atoms with Crippen LogP contribution in [0.1, 0.15) is 15.9 Å². The molecule has 1 fully saturated rings. The zero-order valence-electron chi connectivity index (χ0n) is 16.3. The van der Waals surface area contributed by atoms with Gasteiger partial charge in [0.25, 0.3) is 11.6 Å². The summed E-state index contributed by atoms with van der Waals surface area (Å²) in [7, 11) is 0. The van der Waals surface area contributed by atoms with Gasteiger partial charge in [0, 0.05) is 44.7 Å². The van der Waals surface area contributed by atoms with Crippen molar-refractivity contribution in [1.29, 1.82) is 0 Å². The van der Waals surface area contributed by atoms with E-state index in [0.717, 1.165) is 6.07 Å². The Kier molecular flexibility index (Phi) is 9.96. The van der Waals surface area contributed by atoms with E-state index in [0.29, 0.717) is 31.7 Å². The van der Waals surface area contributed by atoms with Crippen molar-refractivity contribution in [2.75, 3.05) is 32.7 Å². The lowest BCUT2D eigenvalue weighted by Gasteiger charge is -2.34. The molecule has 1 heterocycles. The number of carbonyl (C=O) groups excluding carboxylic acids is 2. The highest BCUT2D eigenvalue weighted by atomic mass is 35.5. The van der Waals surface area contributed by atoms with Crippen LogP contribution in [0.3, 0.4) is 0 Å². The maximum atomic E-state index is 13.8. The average molecular weight is 476 g/mol. The minimum atomic E-state index is -1.15. The fourth-order valence-corrected chi connectivity index (χ4v) is 3.22. The molecule has 0 N–H and O–H groups in total. The first-order valence-corrected chi connectivity index (χ1v) is 9.06. The van der Waals surface area contributed by atoms with Crippen molar-refractivity contribution in [3.63, 3.8) is 0 Å². The Labute approximate surface area is 190 Å². The number of nitro benzene ring substituents is 1. The molecule has 11 heteroatoms. The van der Waals surface area contributed by atoms with Gasteiger partial charge in [0.1, 0.15) is 0 Å². The van der Waals surface area contributed by atoms with Crippen molar-refractivity contribution >= 4 is 42.2 Å². The number of nitrogens with zero attached hydrogens (tertiary/aromatic N) is 3. The second kappa shape index (κ2) is 11.7. The average Bonchev–Trinajstić information content (AvgIpc) is 2.70. The number of piperazine rings is 1. The number of ketones is 1. The van der Waals surface area contributed by atoms with Crippen molar-refractivity contribution < 1.29 is 23.3 Å². The predicted molar refractivity (Wildman–Crippen MR) is 115 cm³/mol. The quantitative estimate of drug-likeness (QED) is 0.472. The summed E-state index contributed by atoms with van der Waals surface area (Å²) >= 11 is 0. The second-order valence-electron chi connectivity index (χ2n) is 6.81. The summed E-state index contributed by atoms with van der Waals surface area (Å²) in [5, 5.41) is 10.7. The first kappa shape index (κ1) is 26.4. The molecule has 7 nitrogen and oxygen atoms in total. The number of hydrogen-bond donors (Lipinski definition) is 0. The van der Waals surface area contributed by atoms with Crippen LogP contribution in [-0.2, 0) is 11.2 Å². The van der Waals surface area contributed by atoms with Gasteiger partial charge in [-0.2, -0.15) is 0 Å². The van der Waals surface area contributed by atoms with Gasteiger partial charge in [0.15, 0.2) is 17.4 Å². The molecule has 1 aliphatic rings. The smallest absolute Gasteiger partial charge is 0.269 e. The van der Waals surface area contributed by atoms with Crippen LogP contribution >= 0.6 is 24.8 Å². The fraction of sp³-hybridized carbons (Fsp3) is 0.300. The molecule has 1 amide bonds. The molecule has 0 saturated carbocycles. The molecule has 0 atom stereocenters. The van der Waals surface area contributed by atoms with Crippen LogP contribution < -0.4 is 0 Å². The van der Waals surface area contributed by atoms with E-state index in [2.05, 4.69) is 0 Å². The molecule has 0 unspecified atom stereocenters. The van der Waals surface area contributed by atoms with E-state index < -0.39 is 22.5 Å². The van der Waals surface area contributed by atoms with Crippen LogP contribution in [0.15, 0.2) is 42.5 Å². The first-order valence-electron chi connectivity index (χ1n) is 9.06. The summed E-state index contributed by atoms with van der Waals surface area (Å²) in [6.07, 6.45) is 0.158. The molecule has 0 spiro atoms. The lowest BCUT2D eigenvalue weighted by Crippen LogP contribution is -2.50. The molecule has 31 heavy (non-hydrogen) atoms. The summed E-state index contributed by atoms with van der Waals surface area (Å²) in [6, 6.07) is 9.33. The Bertz CT molecular complexity index is 937. The van der Waals surface area contributed by atoms with Gasteiger partial charge in [0.05, 0.1) is 17.0 Å². The van der Waals surface area contributed by atoms with Gasteiger partial charge in [-0.25, -0.2) is 8.78 Å². The maximum Gasteiger partial charge on any atom is 0.269 e. The minimum absolute atomic E-state index is 0. The summed E-state index contributed by atoms with van der Waals surface area (Å²) in [4.78, 5) is 38.2. The lowest BCUT2D eigenvalue weighted by molar-refractivity contribution is -0.384. The van der Waals surface area contributed by atoms with Crippen molar-refractivity contribution in [2.24, 2.45) is 0 Å². The zero-order chi connectivity index (χ0) is 21.0. The SMILES string of the molecule is Cl.Cl.O=C(Cc1ccc([N+](=O)[O-])cc1)CN1CCN(C(=O)c2cccc(F)c2F)CC1. The van der Waals surface area contributed by atoms with Gasteiger partial charge >= 0.3 is 0 Å². The molecule has 2 aromatic carbocycles. The number of nitro groups is 1. The molecule has 1 aliphatic heterocycles. The number of benzene rings is 2. The Morgan fingerprint density at radius 2 is 1.58 bits per heavy atom. The molecule has 0 aliphatic carbocycles. The highest BCUT2D eigenvalue weighted by molar-refractivity contribution is 5.94. The number of non-ortho nitro benzene ring substituents is 1. The highest BCUT2D eigenvalue weighted by Gasteiger charge is 2.26. The molecule has 168 valence electrons. The number of hydrogen-bond acceptors (Lipinski definition) is 5. The van der Waals surface area contributed by atoms with Crippen molar-refractivity contribution in [3.05, 3.63) is 75.3 Å². The number of rotatable bonds is 6. The monoisotopic (exact) mass is 475 g/mol. The van der Waals surface area contributed by atoms with Crippen molar-refractivity contribution in [2.45, 2.75) is 6.42 Å². The number of amides is 1. The zero-order valence-corrected chi connectivity index (χ0v) is 18.0. The van der Waals surface area contributed by atoms with E-state index in [1.807, 2.05) is 4.90 Å². The highest BCUT2D eigenvalue weighted by Crippen LogP contribution is 2.16. The molecule has 0 radical (unpaired) electrons. The van der Waals surface area contributed by atoms with Crippen LogP contribution in [0.4, 0.5) is 14.5 Å². The predicted octanol–water partition coefficient (Wildman–Crippen LogP) is 3.29. The van der Waals surface area contributed by atoms with Gasteiger partial charge in [-0.3, -0.25) is 24.6 Å². The van der Waals surface area contributed by atoms with Gasteiger partial charge in [-0.05, 0) is 17.7 Å². The lowest BCUT2D eigenvalue weighted by atomic mass is 10.1. The maximum absolute atomic E-state index is 13.8. The third-order valence-electron chi connectivity index (χ3n) is 4.79. The van der Waals surface area contributed by atoms with Gasteiger partial charge in [0.2, 0.25) is 0 Å². The fourth-order valence-electron chi connectivity index (χ4n) is 3.22. The van der Waals surface area contributed by atoms with E-state index in [4.69, 9.17) is 0 Å². The Balaban J connectivity index is 0.00000240. The summed E-state index contributed by atoms with van der Waals surface area (Å²) in [5.74, 6) is -2.84. The Hall–Kier alpha value is -2.62. The summed E-state index contributed by atoms with van der Waals surface area (Å²) in [6.45, 7) is 1.68. The number of halogens is 4. The Morgan fingerprint density at radius 3 is 2.16 bits per heavy atom. The van der Waals surface area contributed by atoms with E-state index in [1.54, 1.807) is 12.1 Å². The Morgan fingerprint density at radius 1 is 0.968 bits per heavy atom.